The molecule has 3 aromatic rings. The SMILES string of the molecule is O=C1c2oc3ccccc3c(=O)c2[C@H](c2cccc(F)c2)N1[C@H]1CCS(=O)(=O)C1. The summed E-state index contributed by atoms with van der Waals surface area (Å²) in [6.45, 7) is 0. The van der Waals surface area contributed by atoms with Gasteiger partial charge in [0, 0.05) is 6.04 Å². The maximum Gasteiger partial charge on any atom is 0.291 e. The smallest absolute Gasteiger partial charge is 0.291 e. The molecule has 6 nitrogen and oxygen atoms in total. The zero-order chi connectivity index (χ0) is 20.3. The Morgan fingerprint density at radius 2 is 1.86 bits per heavy atom. The molecule has 0 unspecified atom stereocenters. The second kappa shape index (κ2) is 6.25. The van der Waals surface area contributed by atoms with Crippen LogP contribution in [0.5, 0.6) is 0 Å². The first-order valence-corrected chi connectivity index (χ1v) is 11.0. The first kappa shape index (κ1) is 18.1. The van der Waals surface area contributed by atoms with Crippen molar-refractivity contribution in [3.63, 3.8) is 0 Å². The van der Waals surface area contributed by atoms with E-state index in [1.54, 1.807) is 30.3 Å². The highest BCUT2D eigenvalue weighted by atomic mass is 32.2. The van der Waals surface area contributed by atoms with E-state index < -0.39 is 33.6 Å². The monoisotopic (exact) mass is 413 g/mol. The minimum Gasteiger partial charge on any atom is -0.450 e. The van der Waals surface area contributed by atoms with Crippen LogP contribution in [0.25, 0.3) is 11.0 Å². The number of halogens is 1. The summed E-state index contributed by atoms with van der Waals surface area (Å²) in [5.41, 5.74) is 0.448. The first-order chi connectivity index (χ1) is 13.9. The molecule has 1 aromatic heterocycles. The summed E-state index contributed by atoms with van der Waals surface area (Å²) >= 11 is 0. The summed E-state index contributed by atoms with van der Waals surface area (Å²) in [7, 11) is -3.28. The molecule has 8 heteroatoms. The lowest BCUT2D eigenvalue weighted by Crippen LogP contribution is -2.40. The van der Waals surface area contributed by atoms with Crippen LogP contribution in [-0.4, -0.2) is 36.8 Å². The van der Waals surface area contributed by atoms with Crippen LogP contribution < -0.4 is 5.43 Å². The quantitative estimate of drug-likeness (QED) is 0.645. The van der Waals surface area contributed by atoms with Gasteiger partial charge in [0.05, 0.1) is 28.5 Å². The molecule has 0 saturated carbocycles. The van der Waals surface area contributed by atoms with Crippen molar-refractivity contribution >= 4 is 26.7 Å². The minimum atomic E-state index is -3.28. The largest absolute Gasteiger partial charge is 0.450 e. The van der Waals surface area contributed by atoms with Gasteiger partial charge in [0.2, 0.25) is 5.76 Å². The van der Waals surface area contributed by atoms with Crippen molar-refractivity contribution < 1.29 is 22.0 Å². The molecule has 0 radical (unpaired) electrons. The third-order valence-corrected chi connectivity index (χ3v) is 7.33. The zero-order valence-electron chi connectivity index (χ0n) is 15.2. The summed E-state index contributed by atoms with van der Waals surface area (Å²) in [5, 5.41) is 0.321. The van der Waals surface area contributed by atoms with E-state index in [-0.39, 0.29) is 40.3 Å². The van der Waals surface area contributed by atoms with Gasteiger partial charge >= 0.3 is 0 Å². The molecule has 1 saturated heterocycles. The van der Waals surface area contributed by atoms with Gasteiger partial charge in [-0.15, -0.1) is 0 Å². The van der Waals surface area contributed by atoms with E-state index in [4.69, 9.17) is 4.42 Å². The van der Waals surface area contributed by atoms with E-state index in [0.29, 0.717) is 10.9 Å². The Morgan fingerprint density at radius 3 is 2.59 bits per heavy atom. The molecule has 1 amide bonds. The molecule has 2 aliphatic heterocycles. The number of fused-ring (bicyclic) bond motifs is 2. The fraction of sp³-hybridized carbons (Fsp3) is 0.238. The van der Waals surface area contributed by atoms with Crippen molar-refractivity contribution in [2.24, 2.45) is 0 Å². The van der Waals surface area contributed by atoms with Gasteiger partial charge in [-0.05, 0) is 36.2 Å². The van der Waals surface area contributed by atoms with Crippen LogP contribution in [0.2, 0.25) is 0 Å². The van der Waals surface area contributed by atoms with Gasteiger partial charge in [-0.25, -0.2) is 12.8 Å². The van der Waals surface area contributed by atoms with Gasteiger partial charge in [0.1, 0.15) is 11.4 Å². The van der Waals surface area contributed by atoms with E-state index >= 15 is 0 Å². The van der Waals surface area contributed by atoms with Crippen molar-refractivity contribution in [2.75, 3.05) is 11.5 Å². The molecule has 1 fully saturated rings. The molecule has 5 rings (SSSR count). The average molecular weight is 413 g/mol. The maximum absolute atomic E-state index is 14.0. The Hall–Kier alpha value is -3.00. The summed E-state index contributed by atoms with van der Waals surface area (Å²) in [5.74, 6) is -1.37. The highest BCUT2D eigenvalue weighted by Gasteiger charge is 2.48. The third-order valence-electron chi connectivity index (χ3n) is 5.58. The maximum atomic E-state index is 14.0. The predicted octanol–water partition coefficient (Wildman–Crippen LogP) is 2.66. The standard InChI is InChI=1S/C21H16FNO5S/c22-13-5-3-4-12(10-13)18-17-19(24)15-6-1-2-7-16(15)28-20(17)21(25)23(18)14-8-9-29(26,27)11-14/h1-7,10,14,18H,8-9,11H2/t14-,18-/m0/s1. The van der Waals surface area contributed by atoms with Gasteiger partial charge < -0.3 is 9.32 Å². The van der Waals surface area contributed by atoms with E-state index in [1.165, 1.54) is 23.1 Å². The second-order valence-corrected chi connectivity index (χ2v) is 9.63. The van der Waals surface area contributed by atoms with Gasteiger partial charge in [0.25, 0.3) is 5.91 Å². The van der Waals surface area contributed by atoms with Gasteiger partial charge in [-0.1, -0.05) is 24.3 Å². The number of carbonyl (C=O) groups is 1. The summed E-state index contributed by atoms with van der Waals surface area (Å²) in [6, 6.07) is 10.8. The molecule has 148 valence electrons. The number of sulfone groups is 1. The summed E-state index contributed by atoms with van der Waals surface area (Å²) in [6.07, 6.45) is 0.265. The number of para-hydroxylation sites is 1. The molecule has 3 heterocycles. The number of carbonyl (C=O) groups excluding carboxylic acids is 1. The molecule has 29 heavy (non-hydrogen) atoms. The number of amides is 1. The third kappa shape index (κ3) is 2.78. The summed E-state index contributed by atoms with van der Waals surface area (Å²) in [4.78, 5) is 27.9. The van der Waals surface area contributed by atoms with Gasteiger partial charge in [0.15, 0.2) is 15.3 Å². The number of nitrogens with zero attached hydrogens (tertiary/aromatic N) is 1. The molecule has 0 N–H and O–H groups in total. The van der Waals surface area contributed by atoms with Crippen molar-refractivity contribution in [1.82, 2.24) is 4.90 Å². The molecular weight excluding hydrogens is 397 g/mol. The molecule has 2 aliphatic rings. The predicted molar refractivity (Wildman–Crippen MR) is 104 cm³/mol. The van der Waals surface area contributed by atoms with Crippen LogP contribution in [0.1, 0.15) is 34.1 Å². The van der Waals surface area contributed by atoms with Crippen LogP contribution in [0.15, 0.2) is 57.7 Å². The Bertz CT molecular complexity index is 1330. The number of benzene rings is 2. The average Bonchev–Trinajstić information content (AvgIpc) is 3.19. The molecule has 2 aromatic carbocycles. The zero-order valence-corrected chi connectivity index (χ0v) is 16.0. The Kier molecular flexibility index (Phi) is 3.89. The van der Waals surface area contributed by atoms with Crippen molar-refractivity contribution in [3.8, 4) is 0 Å². The van der Waals surface area contributed by atoms with Crippen molar-refractivity contribution in [1.29, 1.82) is 0 Å². The lowest BCUT2D eigenvalue weighted by Gasteiger charge is -2.30. The Labute approximate surface area is 165 Å². The molecule has 2 atom stereocenters. The first-order valence-electron chi connectivity index (χ1n) is 9.20. The highest BCUT2D eigenvalue weighted by Crippen LogP contribution is 2.41. The summed E-state index contributed by atoms with van der Waals surface area (Å²) < 4.78 is 43.9. The van der Waals surface area contributed by atoms with Gasteiger partial charge in [-0.2, -0.15) is 0 Å². The van der Waals surface area contributed by atoms with Crippen molar-refractivity contribution in [2.45, 2.75) is 18.5 Å². The van der Waals surface area contributed by atoms with Crippen LogP contribution in [0.4, 0.5) is 4.39 Å². The number of rotatable bonds is 2. The fourth-order valence-corrected chi connectivity index (χ4v) is 6.02. The Morgan fingerprint density at radius 1 is 1.07 bits per heavy atom. The lowest BCUT2D eigenvalue weighted by molar-refractivity contribution is 0.0662. The molecular formula is C21H16FNO5S. The fourth-order valence-electron chi connectivity index (χ4n) is 4.31. The van der Waals surface area contributed by atoms with E-state index in [9.17, 15) is 22.4 Å². The van der Waals surface area contributed by atoms with Gasteiger partial charge in [-0.3, -0.25) is 9.59 Å². The highest BCUT2D eigenvalue weighted by molar-refractivity contribution is 7.91. The molecule has 0 spiro atoms. The number of hydrogen-bond donors (Lipinski definition) is 0. The van der Waals surface area contributed by atoms with E-state index in [2.05, 4.69) is 0 Å². The van der Waals surface area contributed by atoms with Crippen LogP contribution in [-0.2, 0) is 9.84 Å². The van der Waals surface area contributed by atoms with Crippen LogP contribution in [0.3, 0.4) is 0 Å². The van der Waals surface area contributed by atoms with Crippen LogP contribution >= 0.6 is 0 Å². The molecule has 0 bridgehead atoms. The topological polar surface area (TPSA) is 84.7 Å². The van der Waals surface area contributed by atoms with Crippen molar-refractivity contribution in [3.05, 3.63) is 81.5 Å². The minimum absolute atomic E-state index is 0.0307. The van der Waals surface area contributed by atoms with Crippen LogP contribution in [0, 0.1) is 5.82 Å². The van der Waals surface area contributed by atoms with E-state index in [1.807, 2.05) is 0 Å². The second-order valence-electron chi connectivity index (χ2n) is 7.40. The lowest BCUT2D eigenvalue weighted by atomic mass is 9.97. The van der Waals surface area contributed by atoms with E-state index in [0.717, 1.165) is 0 Å². The molecule has 0 aliphatic carbocycles. The normalized spacial score (nSPS) is 22.9. The number of hydrogen-bond acceptors (Lipinski definition) is 5. The Balaban J connectivity index is 1.77.